The van der Waals surface area contributed by atoms with Crippen molar-refractivity contribution >= 4 is 24.1 Å². The first kappa shape index (κ1) is 33.6. The lowest BCUT2D eigenvalue weighted by Crippen LogP contribution is -2.39. The minimum atomic E-state index is -1.01. The molecule has 42 heavy (non-hydrogen) atoms. The molecule has 0 aromatic heterocycles. The number of carbonyl (C=O) groups excluding carboxylic acids is 2. The number of guanidine groups is 1. The number of hydrogen-bond donors (Lipinski definition) is 4. The molecule has 1 aromatic carbocycles. The van der Waals surface area contributed by atoms with E-state index in [1.165, 1.54) is 11.0 Å². The predicted octanol–water partition coefficient (Wildman–Crippen LogP) is 6.31. The number of aliphatic imine (C=N–C) groups is 1. The number of amides is 3. The number of rotatable bonds is 11. The maximum absolute atomic E-state index is 14.4. The number of carbonyl (C=O) groups is 2. The second kappa shape index (κ2) is 16.6. The third-order valence-electron chi connectivity index (χ3n) is 6.35. The van der Waals surface area contributed by atoms with Crippen LogP contribution in [0.3, 0.4) is 0 Å². The Bertz CT molecular complexity index is 1400. The molecule has 224 valence electrons. The summed E-state index contributed by atoms with van der Waals surface area (Å²) in [4.78, 5) is 30.9. The topological polar surface area (TPSA) is 110 Å². The van der Waals surface area contributed by atoms with Gasteiger partial charge in [0.25, 0.3) is 0 Å². The summed E-state index contributed by atoms with van der Waals surface area (Å²) in [5.41, 5.74) is 4.61. The van der Waals surface area contributed by atoms with E-state index in [1.807, 2.05) is 39.8 Å². The van der Waals surface area contributed by atoms with E-state index in [-0.39, 0.29) is 12.5 Å². The van der Waals surface area contributed by atoms with Crippen molar-refractivity contribution in [2.24, 2.45) is 4.99 Å². The van der Waals surface area contributed by atoms with E-state index in [2.05, 4.69) is 20.9 Å². The van der Waals surface area contributed by atoms with Crippen molar-refractivity contribution in [3.8, 4) is 0 Å². The van der Waals surface area contributed by atoms with E-state index in [0.29, 0.717) is 59.5 Å². The highest BCUT2D eigenvalue weighted by atomic mass is 19.2. The van der Waals surface area contributed by atoms with Gasteiger partial charge in [0.1, 0.15) is 0 Å². The molecule has 0 fully saturated rings. The van der Waals surface area contributed by atoms with E-state index in [9.17, 15) is 18.4 Å². The molecule has 0 saturated carbocycles. The fourth-order valence-corrected chi connectivity index (χ4v) is 4.36. The van der Waals surface area contributed by atoms with Gasteiger partial charge in [0.15, 0.2) is 11.6 Å². The monoisotopic (exact) mass is 578 g/mol. The van der Waals surface area contributed by atoms with Crippen molar-refractivity contribution in [2.75, 3.05) is 7.05 Å². The third kappa shape index (κ3) is 9.22. The molecule has 0 unspecified atom stereocenters. The van der Waals surface area contributed by atoms with Crippen LogP contribution in [0.15, 0.2) is 87.9 Å². The van der Waals surface area contributed by atoms with Gasteiger partial charge in [0, 0.05) is 30.2 Å². The first-order valence-corrected chi connectivity index (χ1v) is 13.8. The fraction of sp³-hybridized carbons (Fsp3) is 0.312. The Morgan fingerprint density at radius 3 is 2.38 bits per heavy atom. The molecule has 3 amide bonds. The van der Waals surface area contributed by atoms with Gasteiger partial charge < -0.3 is 16.0 Å². The maximum atomic E-state index is 14.4. The predicted molar refractivity (Wildman–Crippen MR) is 165 cm³/mol. The summed E-state index contributed by atoms with van der Waals surface area (Å²) in [5, 5.41) is 16.6. The van der Waals surface area contributed by atoms with Crippen LogP contribution in [0.5, 0.6) is 0 Å². The molecule has 0 bridgehead atoms. The van der Waals surface area contributed by atoms with Crippen LogP contribution in [0.4, 0.5) is 13.6 Å². The standard InChI is InChI=1S/C32H40F2N6O2/c1-7-11-21(5)13-26(10-4)40(19-25-15-28(34)27(33)14-23(25)12-8-2)32(42)39-31(37-20-41)38-30-17-24(18-36-6)29(35)16-22(30)9-3/h7,10-11,13-18,20,35-36H,8-9,12,19H2,1-6H3,(H2,37,38,39,41,42)/b11-7-,21-13-,24-18-,26-10+,35-29?. The van der Waals surface area contributed by atoms with E-state index in [1.54, 1.807) is 44.5 Å². The van der Waals surface area contributed by atoms with Crippen LogP contribution in [0.1, 0.15) is 58.6 Å². The van der Waals surface area contributed by atoms with Crippen molar-refractivity contribution in [3.05, 3.63) is 106 Å². The highest BCUT2D eigenvalue weighted by Crippen LogP contribution is 2.24. The molecule has 4 N–H and O–H groups in total. The zero-order chi connectivity index (χ0) is 31.2. The molecule has 0 spiro atoms. The number of hydrogen-bond acceptors (Lipinski definition) is 4. The van der Waals surface area contributed by atoms with Gasteiger partial charge in [0.2, 0.25) is 12.4 Å². The van der Waals surface area contributed by atoms with Crippen LogP contribution < -0.4 is 16.0 Å². The highest BCUT2D eigenvalue weighted by Gasteiger charge is 2.22. The molecule has 0 aliphatic heterocycles. The number of nitrogens with zero attached hydrogens (tertiary/aromatic N) is 2. The van der Waals surface area contributed by atoms with Crippen molar-refractivity contribution in [3.63, 3.8) is 0 Å². The minimum Gasteiger partial charge on any atom is -0.393 e. The Kier molecular flexibility index (Phi) is 13.3. The molecule has 8 nitrogen and oxygen atoms in total. The first-order valence-electron chi connectivity index (χ1n) is 13.8. The fourth-order valence-electron chi connectivity index (χ4n) is 4.36. The van der Waals surface area contributed by atoms with Crippen LogP contribution in [0, 0.1) is 17.0 Å². The number of nitrogens with one attached hydrogen (secondary N) is 4. The Hall–Kier alpha value is -4.60. The zero-order valence-electron chi connectivity index (χ0n) is 25.1. The van der Waals surface area contributed by atoms with Crippen molar-refractivity contribution < 1.29 is 18.4 Å². The average molecular weight is 579 g/mol. The van der Waals surface area contributed by atoms with Crippen LogP contribution in [0.25, 0.3) is 0 Å². The van der Waals surface area contributed by atoms with Crippen LogP contribution >= 0.6 is 0 Å². The van der Waals surface area contributed by atoms with E-state index < -0.39 is 17.7 Å². The number of benzene rings is 1. The van der Waals surface area contributed by atoms with Crippen molar-refractivity contribution in [1.29, 1.82) is 5.41 Å². The second-order valence-corrected chi connectivity index (χ2v) is 9.49. The van der Waals surface area contributed by atoms with Crippen LogP contribution in [-0.2, 0) is 17.8 Å². The lowest BCUT2D eigenvalue weighted by Gasteiger charge is -2.25. The highest BCUT2D eigenvalue weighted by molar-refractivity contribution is 6.11. The Balaban J connectivity index is 2.63. The molecule has 2 rings (SSSR count). The Labute approximate surface area is 246 Å². The summed E-state index contributed by atoms with van der Waals surface area (Å²) in [7, 11) is 1.72. The first-order chi connectivity index (χ1) is 20.1. The quantitative estimate of drug-likeness (QED) is 0.107. The Morgan fingerprint density at radius 1 is 1.12 bits per heavy atom. The van der Waals surface area contributed by atoms with Gasteiger partial charge in [-0.2, -0.15) is 4.99 Å². The molecular formula is C32H40F2N6O2. The number of halogens is 2. The number of urea groups is 1. The number of allylic oxidation sites excluding steroid dienone is 9. The Morgan fingerprint density at radius 2 is 1.81 bits per heavy atom. The van der Waals surface area contributed by atoms with Gasteiger partial charge in [-0.3, -0.25) is 15.0 Å². The average Bonchev–Trinajstić information content (AvgIpc) is 2.95. The van der Waals surface area contributed by atoms with E-state index in [0.717, 1.165) is 17.2 Å². The molecule has 0 radical (unpaired) electrons. The summed E-state index contributed by atoms with van der Waals surface area (Å²) < 4.78 is 28.5. The summed E-state index contributed by atoms with van der Waals surface area (Å²) in [5.74, 6) is -2.09. The lowest BCUT2D eigenvalue weighted by molar-refractivity contribution is -0.108. The second-order valence-electron chi connectivity index (χ2n) is 9.49. The molecule has 1 aliphatic rings. The minimum absolute atomic E-state index is 0.0858. The van der Waals surface area contributed by atoms with Gasteiger partial charge in [-0.15, -0.1) is 0 Å². The van der Waals surface area contributed by atoms with Gasteiger partial charge in [-0.1, -0.05) is 38.5 Å². The van der Waals surface area contributed by atoms with Crippen molar-refractivity contribution in [2.45, 2.75) is 60.4 Å². The molecule has 10 heteroatoms. The number of aryl methyl sites for hydroxylation is 1. The SMILES string of the molecule is C\C=C/C(C)=C\C(=C/C)N(Cc1cc(F)c(F)cc1CCC)C(=O)/N=C(\NC=O)NC1=C/C(=C/NC)C(=N)C=C1CC. The van der Waals surface area contributed by atoms with Crippen LogP contribution in [-0.4, -0.2) is 36.1 Å². The molecular weight excluding hydrogens is 538 g/mol. The van der Waals surface area contributed by atoms with E-state index >= 15 is 0 Å². The molecule has 1 aromatic rings. The van der Waals surface area contributed by atoms with Gasteiger partial charge in [-0.05, 0) is 86.2 Å². The molecule has 1 aliphatic carbocycles. The van der Waals surface area contributed by atoms with Crippen molar-refractivity contribution in [1.82, 2.24) is 20.9 Å². The summed E-state index contributed by atoms with van der Waals surface area (Å²) >= 11 is 0. The lowest BCUT2D eigenvalue weighted by atomic mass is 9.96. The molecule has 0 saturated heterocycles. The summed E-state index contributed by atoms with van der Waals surface area (Å²) in [6.07, 6.45) is 14.5. The van der Waals surface area contributed by atoms with Gasteiger partial charge in [0.05, 0.1) is 12.3 Å². The van der Waals surface area contributed by atoms with Gasteiger partial charge in [-0.25, -0.2) is 13.6 Å². The maximum Gasteiger partial charge on any atom is 0.351 e. The van der Waals surface area contributed by atoms with Gasteiger partial charge >= 0.3 is 6.03 Å². The molecule has 0 heterocycles. The van der Waals surface area contributed by atoms with Crippen LogP contribution in [0.2, 0.25) is 0 Å². The largest absolute Gasteiger partial charge is 0.393 e. The normalized spacial score (nSPS) is 15.5. The summed E-state index contributed by atoms with van der Waals surface area (Å²) in [6.45, 7) is 9.27. The third-order valence-corrected chi connectivity index (χ3v) is 6.35. The zero-order valence-corrected chi connectivity index (χ0v) is 25.1. The van der Waals surface area contributed by atoms with E-state index in [4.69, 9.17) is 5.41 Å². The summed E-state index contributed by atoms with van der Waals surface area (Å²) in [6, 6.07) is 1.53. The molecule has 0 atom stereocenters. The smallest absolute Gasteiger partial charge is 0.351 e.